The maximum atomic E-state index is 11.9. The molecule has 7 heteroatoms. The largest absolute Gasteiger partial charge is 0.598 e. The minimum Gasteiger partial charge on any atom is -0.598 e. The fourth-order valence-corrected chi connectivity index (χ4v) is 3.04. The fraction of sp³-hybridized carbons (Fsp3) is 0.615. The highest BCUT2D eigenvalue weighted by Crippen LogP contribution is 2.30. The number of halogens is 2. The molecule has 0 saturated carbocycles. The summed E-state index contributed by atoms with van der Waals surface area (Å²) in [7, 11) is 0. The van der Waals surface area contributed by atoms with Crippen LogP contribution < -0.4 is 10.9 Å². The average molecular weight is 338 g/mol. The molecule has 1 aromatic heterocycles. The fourth-order valence-electron chi connectivity index (χ4n) is 2.05. The standard InChI is InChI=1S/C13H21Cl2N3OS/c1-9(16)4-3-5-13(2,20(17)19)7-10-6-11(14)8-18-12(10)15/h6,8-9H,3-5,7,16-17H2,1-2H3. The van der Waals surface area contributed by atoms with Crippen LogP contribution in [0.5, 0.6) is 0 Å². The molecule has 0 aliphatic heterocycles. The van der Waals surface area contributed by atoms with Crippen molar-refractivity contribution in [2.75, 3.05) is 0 Å². The highest BCUT2D eigenvalue weighted by molar-refractivity contribution is 7.90. The lowest BCUT2D eigenvalue weighted by atomic mass is 9.94. The highest BCUT2D eigenvalue weighted by Gasteiger charge is 2.36. The van der Waals surface area contributed by atoms with E-state index < -0.39 is 16.1 Å². The van der Waals surface area contributed by atoms with Gasteiger partial charge in [0.2, 0.25) is 0 Å². The van der Waals surface area contributed by atoms with Crippen LogP contribution in [0.3, 0.4) is 0 Å². The normalized spacial score (nSPS) is 17.6. The van der Waals surface area contributed by atoms with Crippen molar-refractivity contribution < 1.29 is 4.55 Å². The first-order chi connectivity index (χ1) is 9.24. The molecule has 1 aromatic rings. The van der Waals surface area contributed by atoms with Gasteiger partial charge in [-0.1, -0.05) is 23.2 Å². The SMILES string of the molecule is CC(N)CCCC(C)(Cc1cc(Cl)cnc1Cl)[S+](N)[O-]. The summed E-state index contributed by atoms with van der Waals surface area (Å²) in [6.45, 7) is 3.84. The van der Waals surface area contributed by atoms with Crippen LogP contribution in [0.4, 0.5) is 0 Å². The van der Waals surface area contributed by atoms with Gasteiger partial charge in [0.25, 0.3) is 0 Å². The van der Waals surface area contributed by atoms with Crippen LogP contribution in [0.2, 0.25) is 10.2 Å². The van der Waals surface area contributed by atoms with Crippen LogP contribution in [0.15, 0.2) is 12.3 Å². The van der Waals surface area contributed by atoms with Crippen LogP contribution >= 0.6 is 23.2 Å². The van der Waals surface area contributed by atoms with E-state index in [4.69, 9.17) is 34.1 Å². The highest BCUT2D eigenvalue weighted by atomic mass is 35.5. The van der Waals surface area contributed by atoms with E-state index >= 15 is 0 Å². The van der Waals surface area contributed by atoms with Crippen LogP contribution in [-0.4, -0.2) is 20.3 Å². The molecule has 3 atom stereocenters. The van der Waals surface area contributed by atoms with E-state index in [9.17, 15) is 4.55 Å². The Morgan fingerprint density at radius 1 is 1.50 bits per heavy atom. The molecular formula is C13H21Cl2N3OS. The van der Waals surface area contributed by atoms with Gasteiger partial charge in [-0.25, -0.2) is 4.98 Å². The molecule has 20 heavy (non-hydrogen) atoms. The lowest BCUT2D eigenvalue weighted by Gasteiger charge is -2.29. The molecule has 1 rings (SSSR count). The van der Waals surface area contributed by atoms with Crippen LogP contribution in [0.25, 0.3) is 0 Å². The van der Waals surface area contributed by atoms with Gasteiger partial charge in [-0.2, -0.15) is 5.14 Å². The molecule has 1 heterocycles. The van der Waals surface area contributed by atoms with Gasteiger partial charge in [-0.15, -0.1) is 0 Å². The Morgan fingerprint density at radius 2 is 2.15 bits per heavy atom. The van der Waals surface area contributed by atoms with Gasteiger partial charge in [-0.3, -0.25) is 0 Å². The molecule has 114 valence electrons. The summed E-state index contributed by atoms with van der Waals surface area (Å²) in [6.07, 6.45) is 4.40. The third-order valence-corrected chi connectivity index (χ3v) is 5.16. The number of hydrogen-bond acceptors (Lipinski definition) is 4. The molecule has 0 bridgehead atoms. The molecular weight excluding hydrogens is 317 g/mol. The summed E-state index contributed by atoms with van der Waals surface area (Å²) in [5.74, 6) is 0. The molecule has 0 spiro atoms. The monoisotopic (exact) mass is 337 g/mol. The number of aromatic nitrogens is 1. The van der Waals surface area contributed by atoms with Gasteiger partial charge < -0.3 is 10.3 Å². The van der Waals surface area contributed by atoms with Crippen molar-refractivity contribution in [1.29, 1.82) is 0 Å². The molecule has 0 saturated heterocycles. The molecule has 0 aromatic carbocycles. The molecule has 3 unspecified atom stereocenters. The van der Waals surface area contributed by atoms with E-state index in [0.29, 0.717) is 23.0 Å². The predicted molar refractivity (Wildman–Crippen MR) is 86.2 cm³/mol. The van der Waals surface area contributed by atoms with Gasteiger partial charge in [0.15, 0.2) is 0 Å². The van der Waals surface area contributed by atoms with E-state index in [1.807, 2.05) is 13.8 Å². The molecule has 0 aliphatic carbocycles. The Morgan fingerprint density at radius 3 is 2.70 bits per heavy atom. The smallest absolute Gasteiger partial charge is 0.146 e. The first kappa shape index (κ1) is 18.0. The first-order valence-electron chi connectivity index (χ1n) is 6.46. The van der Waals surface area contributed by atoms with Crippen LogP contribution in [-0.2, 0) is 17.8 Å². The molecule has 4 nitrogen and oxygen atoms in total. The molecule has 0 amide bonds. The second-order valence-corrected chi connectivity index (χ2v) is 7.77. The Balaban J connectivity index is 2.82. The van der Waals surface area contributed by atoms with Crippen molar-refractivity contribution in [1.82, 2.24) is 4.98 Å². The summed E-state index contributed by atoms with van der Waals surface area (Å²) in [5.41, 5.74) is 6.50. The maximum Gasteiger partial charge on any atom is 0.146 e. The zero-order valence-electron chi connectivity index (χ0n) is 11.7. The zero-order valence-corrected chi connectivity index (χ0v) is 14.1. The van der Waals surface area contributed by atoms with E-state index in [0.717, 1.165) is 18.4 Å². The van der Waals surface area contributed by atoms with Gasteiger partial charge in [0.1, 0.15) is 9.90 Å². The molecule has 4 N–H and O–H groups in total. The van der Waals surface area contributed by atoms with Crippen molar-refractivity contribution in [3.05, 3.63) is 28.0 Å². The van der Waals surface area contributed by atoms with Crippen molar-refractivity contribution in [3.8, 4) is 0 Å². The topological polar surface area (TPSA) is 88.0 Å². The summed E-state index contributed by atoms with van der Waals surface area (Å²) < 4.78 is 11.3. The minimum atomic E-state index is -1.47. The lowest BCUT2D eigenvalue weighted by molar-refractivity contribution is 0.470. The van der Waals surface area contributed by atoms with Crippen LogP contribution in [0, 0.1) is 0 Å². The van der Waals surface area contributed by atoms with Gasteiger partial charge in [0, 0.05) is 30.0 Å². The number of nitrogens with zero attached hydrogens (tertiary/aromatic N) is 1. The molecule has 0 aliphatic rings. The summed E-state index contributed by atoms with van der Waals surface area (Å²) >= 11 is 10.5. The Labute approximate surface area is 133 Å². The van der Waals surface area contributed by atoms with E-state index in [1.54, 1.807) is 6.07 Å². The van der Waals surface area contributed by atoms with E-state index in [-0.39, 0.29) is 6.04 Å². The summed E-state index contributed by atoms with van der Waals surface area (Å²) in [6, 6.07) is 1.87. The van der Waals surface area contributed by atoms with Crippen molar-refractivity contribution in [3.63, 3.8) is 0 Å². The number of hydrogen-bond donors (Lipinski definition) is 2. The van der Waals surface area contributed by atoms with Crippen molar-refractivity contribution >= 4 is 34.6 Å². The Bertz CT molecular complexity index is 446. The first-order valence-corrected chi connectivity index (χ1v) is 8.43. The van der Waals surface area contributed by atoms with E-state index in [2.05, 4.69) is 4.98 Å². The third kappa shape index (κ3) is 5.39. The second kappa shape index (κ2) is 7.82. The van der Waals surface area contributed by atoms with Crippen molar-refractivity contribution in [2.45, 2.75) is 50.3 Å². The average Bonchev–Trinajstić information content (AvgIpc) is 2.33. The van der Waals surface area contributed by atoms with Gasteiger partial charge >= 0.3 is 0 Å². The van der Waals surface area contributed by atoms with Crippen LogP contribution in [0.1, 0.15) is 38.7 Å². The van der Waals surface area contributed by atoms with Gasteiger partial charge in [-0.05, 0) is 44.7 Å². The zero-order chi connectivity index (χ0) is 15.3. The Kier molecular flexibility index (Phi) is 7.04. The number of rotatable bonds is 7. The number of nitrogens with two attached hydrogens (primary N) is 2. The predicted octanol–water partition coefficient (Wildman–Crippen LogP) is 2.83. The molecule has 0 radical (unpaired) electrons. The third-order valence-electron chi connectivity index (χ3n) is 3.29. The molecule has 0 fully saturated rings. The van der Waals surface area contributed by atoms with Crippen molar-refractivity contribution in [2.24, 2.45) is 10.9 Å². The summed E-state index contributed by atoms with van der Waals surface area (Å²) in [4.78, 5) is 4.00. The van der Waals surface area contributed by atoms with E-state index in [1.165, 1.54) is 6.20 Å². The quantitative estimate of drug-likeness (QED) is 0.591. The number of pyridine rings is 1. The summed E-state index contributed by atoms with van der Waals surface area (Å²) in [5, 5.41) is 6.55. The minimum absolute atomic E-state index is 0.127. The van der Waals surface area contributed by atoms with Gasteiger partial charge in [0.05, 0.1) is 5.02 Å². The second-order valence-electron chi connectivity index (χ2n) is 5.40. The lowest BCUT2D eigenvalue weighted by Crippen LogP contribution is -2.43. The Hall–Kier alpha value is -0.0400. The maximum absolute atomic E-state index is 11.9.